The SMILES string of the molecule is CCc1nn(CC(=O)N[C@@H](C)CC)c(=O)c2cc3occc3n12. The van der Waals surface area contributed by atoms with E-state index in [4.69, 9.17) is 4.42 Å². The molecule has 0 bridgehead atoms. The monoisotopic (exact) mass is 316 g/mol. The number of fused-ring (bicyclic) bond motifs is 3. The highest BCUT2D eigenvalue weighted by atomic mass is 16.3. The Labute approximate surface area is 132 Å². The molecular weight excluding hydrogens is 296 g/mol. The van der Waals surface area contributed by atoms with E-state index in [2.05, 4.69) is 10.4 Å². The van der Waals surface area contributed by atoms with Crippen LogP contribution in [0, 0.1) is 0 Å². The molecule has 0 spiro atoms. The summed E-state index contributed by atoms with van der Waals surface area (Å²) in [5.41, 5.74) is 1.63. The second-order valence-electron chi connectivity index (χ2n) is 5.64. The van der Waals surface area contributed by atoms with Crippen molar-refractivity contribution in [1.29, 1.82) is 0 Å². The Kier molecular flexibility index (Phi) is 3.94. The lowest BCUT2D eigenvalue weighted by molar-refractivity contribution is -0.122. The minimum atomic E-state index is -0.298. The second-order valence-corrected chi connectivity index (χ2v) is 5.64. The summed E-state index contributed by atoms with van der Waals surface area (Å²) in [6, 6.07) is 3.58. The van der Waals surface area contributed by atoms with Crippen molar-refractivity contribution in [3.8, 4) is 0 Å². The first-order chi connectivity index (χ1) is 11.0. The number of hydrogen-bond acceptors (Lipinski definition) is 4. The summed E-state index contributed by atoms with van der Waals surface area (Å²) in [7, 11) is 0. The first-order valence-electron chi connectivity index (χ1n) is 7.83. The predicted octanol–water partition coefficient (Wildman–Crippen LogP) is 1.72. The number of nitrogens with one attached hydrogen (secondary N) is 1. The van der Waals surface area contributed by atoms with Crippen LogP contribution in [-0.2, 0) is 17.8 Å². The van der Waals surface area contributed by atoms with Crippen molar-refractivity contribution in [3.63, 3.8) is 0 Å². The summed E-state index contributed by atoms with van der Waals surface area (Å²) in [6.45, 7) is 5.79. The minimum Gasteiger partial charge on any atom is -0.463 e. The molecule has 7 heteroatoms. The summed E-state index contributed by atoms with van der Waals surface area (Å²) in [4.78, 5) is 24.7. The molecule has 23 heavy (non-hydrogen) atoms. The molecule has 0 aliphatic carbocycles. The van der Waals surface area contributed by atoms with Gasteiger partial charge in [-0.3, -0.25) is 14.0 Å². The van der Waals surface area contributed by atoms with Crippen molar-refractivity contribution in [2.45, 2.75) is 46.2 Å². The molecule has 0 unspecified atom stereocenters. The van der Waals surface area contributed by atoms with Crippen molar-refractivity contribution in [3.05, 3.63) is 34.6 Å². The molecule has 0 aliphatic rings. The van der Waals surface area contributed by atoms with E-state index in [0.29, 0.717) is 23.3 Å². The molecule has 1 atom stereocenters. The third-order valence-electron chi connectivity index (χ3n) is 4.00. The molecule has 0 saturated carbocycles. The van der Waals surface area contributed by atoms with Gasteiger partial charge in [-0.1, -0.05) is 13.8 Å². The summed E-state index contributed by atoms with van der Waals surface area (Å²) in [6.07, 6.45) is 3.06. The van der Waals surface area contributed by atoms with Crippen LogP contribution in [-0.4, -0.2) is 26.1 Å². The van der Waals surface area contributed by atoms with E-state index in [1.165, 1.54) is 4.68 Å². The Balaban J connectivity index is 2.06. The van der Waals surface area contributed by atoms with Crippen molar-refractivity contribution in [1.82, 2.24) is 19.5 Å². The van der Waals surface area contributed by atoms with E-state index in [9.17, 15) is 9.59 Å². The molecule has 0 aromatic carbocycles. The standard InChI is InChI=1S/C16H20N4O3/c1-4-10(3)17-15(21)9-19-16(22)12-8-13-11(6-7-23-13)20(12)14(5-2)18-19/h6-8,10H,4-5,9H2,1-3H3,(H,17,21)/t10-/m0/s1. The number of carbonyl (C=O) groups excluding carboxylic acids is 1. The first kappa shape index (κ1) is 15.3. The van der Waals surface area contributed by atoms with Gasteiger partial charge in [0.2, 0.25) is 5.91 Å². The lowest BCUT2D eigenvalue weighted by Gasteiger charge is -2.13. The summed E-state index contributed by atoms with van der Waals surface area (Å²) >= 11 is 0. The number of aromatic nitrogens is 3. The highest BCUT2D eigenvalue weighted by Crippen LogP contribution is 2.20. The highest BCUT2D eigenvalue weighted by molar-refractivity contribution is 5.82. The van der Waals surface area contributed by atoms with Crippen molar-refractivity contribution < 1.29 is 9.21 Å². The van der Waals surface area contributed by atoms with Gasteiger partial charge in [-0.05, 0) is 13.3 Å². The molecule has 1 N–H and O–H groups in total. The Morgan fingerprint density at radius 3 is 2.87 bits per heavy atom. The summed E-state index contributed by atoms with van der Waals surface area (Å²) < 4.78 is 8.39. The topological polar surface area (TPSA) is 81.5 Å². The van der Waals surface area contributed by atoms with E-state index in [1.807, 2.05) is 26.8 Å². The number of nitrogens with zero attached hydrogens (tertiary/aromatic N) is 3. The zero-order valence-corrected chi connectivity index (χ0v) is 13.5. The molecule has 0 aliphatic heterocycles. The largest absolute Gasteiger partial charge is 0.463 e. The van der Waals surface area contributed by atoms with Crippen LogP contribution in [0.4, 0.5) is 0 Å². The quantitative estimate of drug-likeness (QED) is 0.777. The number of rotatable bonds is 5. The van der Waals surface area contributed by atoms with Crippen LogP contribution in [0.25, 0.3) is 16.6 Å². The van der Waals surface area contributed by atoms with Crippen LogP contribution < -0.4 is 10.9 Å². The molecule has 3 heterocycles. The fourth-order valence-electron chi connectivity index (χ4n) is 2.62. The van der Waals surface area contributed by atoms with Crippen LogP contribution in [0.3, 0.4) is 0 Å². The van der Waals surface area contributed by atoms with E-state index in [1.54, 1.807) is 16.7 Å². The second kappa shape index (κ2) is 5.91. The predicted molar refractivity (Wildman–Crippen MR) is 86.5 cm³/mol. The zero-order valence-electron chi connectivity index (χ0n) is 13.5. The van der Waals surface area contributed by atoms with E-state index in [0.717, 1.165) is 11.9 Å². The van der Waals surface area contributed by atoms with Gasteiger partial charge in [-0.25, -0.2) is 4.68 Å². The van der Waals surface area contributed by atoms with Gasteiger partial charge in [-0.15, -0.1) is 0 Å². The zero-order chi connectivity index (χ0) is 16.6. The third kappa shape index (κ3) is 2.62. The highest BCUT2D eigenvalue weighted by Gasteiger charge is 2.16. The number of furan rings is 1. The number of aryl methyl sites for hydroxylation is 1. The molecular formula is C16H20N4O3. The Morgan fingerprint density at radius 2 is 2.17 bits per heavy atom. The van der Waals surface area contributed by atoms with Gasteiger partial charge in [0, 0.05) is 24.6 Å². The first-order valence-corrected chi connectivity index (χ1v) is 7.83. The molecule has 3 aromatic heterocycles. The molecule has 122 valence electrons. The van der Waals surface area contributed by atoms with E-state index >= 15 is 0 Å². The summed E-state index contributed by atoms with van der Waals surface area (Å²) in [5, 5.41) is 7.21. The van der Waals surface area contributed by atoms with Crippen LogP contribution in [0.5, 0.6) is 0 Å². The molecule has 1 amide bonds. The van der Waals surface area contributed by atoms with Gasteiger partial charge in [-0.2, -0.15) is 5.10 Å². The maximum atomic E-state index is 12.6. The lowest BCUT2D eigenvalue weighted by Crippen LogP contribution is -2.38. The minimum absolute atomic E-state index is 0.0724. The van der Waals surface area contributed by atoms with Gasteiger partial charge in [0.05, 0.1) is 11.8 Å². The van der Waals surface area contributed by atoms with Gasteiger partial charge in [0.25, 0.3) is 5.56 Å². The molecule has 0 saturated heterocycles. The average Bonchev–Trinajstić information content (AvgIpc) is 3.11. The van der Waals surface area contributed by atoms with Crippen LogP contribution in [0.1, 0.15) is 33.0 Å². The molecule has 3 rings (SSSR count). The fraction of sp³-hybridized carbons (Fsp3) is 0.438. The third-order valence-corrected chi connectivity index (χ3v) is 4.00. The van der Waals surface area contributed by atoms with E-state index in [-0.39, 0.29) is 24.1 Å². The maximum Gasteiger partial charge on any atom is 0.291 e. The number of amides is 1. The maximum absolute atomic E-state index is 12.6. The van der Waals surface area contributed by atoms with Crippen molar-refractivity contribution in [2.75, 3.05) is 0 Å². The van der Waals surface area contributed by atoms with Crippen LogP contribution >= 0.6 is 0 Å². The normalized spacial score (nSPS) is 12.8. The van der Waals surface area contributed by atoms with Crippen LogP contribution in [0.2, 0.25) is 0 Å². The molecule has 3 aromatic rings. The smallest absolute Gasteiger partial charge is 0.291 e. The number of hydrogen-bond donors (Lipinski definition) is 1. The Bertz CT molecular complexity index is 919. The molecule has 0 fully saturated rings. The summed E-state index contributed by atoms with van der Waals surface area (Å²) in [5.74, 6) is 0.503. The number of carbonyl (C=O) groups is 1. The fourth-order valence-corrected chi connectivity index (χ4v) is 2.62. The van der Waals surface area contributed by atoms with Gasteiger partial charge >= 0.3 is 0 Å². The molecule has 7 nitrogen and oxygen atoms in total. The Morgan fingerprint density at radius 1 is 1.39 bits per heavy atom. The average molecular weight is 316 g/mol. The van der Waals surface area contributed by atoms with Crippen LogP contribution in [0.15, 0.2) is 27.6 Å². The van der Waals surface area contributed by atoms with Crippen molar-refractivity contribution in [2.24, 2.45) is 0 Å². The lowest BCUT2D eigenvalue weighted by atomic mass is 10.2. The van der Waals surface area contributed by atoms with Gasteiger partial charge < -0.3 is 9.73 Å². The van der Waals surface area contributed by atoms with Crippen molar-refractivity contribution >= 4 is 22.5 Å². The molecule has 0 radical (unpaired) electrons. The van der Waals surface area contributed by atoms with E-state index < -0.39 is 0 Å². The van der Waals surface area contributed by atoms with Gasteiger partial charge in [0.1, 0.15) is 17.9 Å². The van der Waals surface area contributed by atoms with Gasteiger partial charge in [0.15, 0.2) is 5.58 Å². The Hall–Kier alpha value is -2.57.